The Morgan fingerprint density at radius 3 is 2.38 bits per heavy atom. The summed E-state index contributed by atoms with van der Waals surface area (Å²) in [5.41, 5.74) is 1.95. The van der Waals surface area contributed by atoms with Crippen molar-refractivity contribution in [1.29, 1.82) is 0 Å². The van der Waals surface area contributed by atoms with Gasteiger partial charge in [0.2, 0.25) is 0 Å². The summed E-state index contributed by atoms with van der Waals surface area (Å²) >= 11 is 0. The summed E-state index contributed by atoms with van der Waals surface area (Å²) in [6, 6.07) is 0. The van der Waals surface area contributed by atoms with Crippen molar-refractivity contribution in [1.82, 2.24) is 0 Å². The number of carbonyl (C=O) groups excluding carboxylic acids is 1. The molecule has 3 saturated carbocycles. The number of allylic oxidation sites excluding steroid dienone is 2. The van der Waals surface area contributed by atoms with Gasteiger partial charge in [0.1, 0.15) is 11.9 Å². The number of hydrogen-bond donors (Lipinski definition) is 1. The Morgan fingerprint density at radius 2 is 1.71 bits per heavy atom. The number of fused-ring (bicyclic) bond motifs is 5. The smallest absolute Gasteiger partial charge is 0.158 e. The lowest BCUT2D eigenvalue weighted by Crippen LogP contribution is -2.57. The lowest BCUT2D eigenvalue weighted by Gasteiger charge is -2.63. The number of hydrogen-bond acceptors (Lipinski definition) is 4. The maximum absolute atomic E-state index is 12.8. The van der Waals surface area contributed by atoms with Gasteiger partial charge in [0, 0.05) is 17.8 Å². The zero-order chi connectivity index (χ0) is 24.5. The van der Waals surface area contributed by atoms with Crippen LogP contribution in [-0.2, 0) is 14.3 Å². The molecule has 1 unspecified atom stereocenters. The van der Waals surface area contributed by atoms with E-state index < -0.39 is 6.29 Å². The number of Topliss-reactive ketones (excluding diaryl/α,β-unsaturated/α-hetero) is 1. The fourth-order valence-corrected chi connectivity index (χ4v) is 10.3. The SMILES string of the molecule is CC1(C)C(=O)CC[C@@]2(C)C1CC=C1[C@@H]2CC[C@@]2(C)[C@H]([C@@H]3C[C@H]([C@@H]4OC4(C)C)O[C@H]3O)CC[C@]12C. The highest BCUT2D eigenvalue weighted by molar-refractivity contribution is 5.85. The van der Waals surface area contributed by atoms with Crippen LogP contribution in [0.4, 0.5) is 0 Å². The topological polar surface area (TPSA) is 59.1 Å². The lowest BCUT2D eigenvalue weighted by molar-refractivity contribution is -0.147. The fourth-order valence-electron chi connectivity index (χ4n) is 10.3. The van der Waals surface area contributed by atoms with Crippen LogP contribution in [0.1, 0.15) is 99.8 Å². The van der Waals surface area contributed by atoms with E-state index in [2.05, 4.69) is 54.5 Å². The molecule has 0 amide bonds. The summed E-state index contributed by atoms with van der Waals surface area (Å²) in [5.74, 6) is 2.19. The zero-order valence-corrected chi connectivity index (χ0v) is 22.4. The minimum absolute atomic E-state index is 0.0253. The van der Waals surface area contributed by atoms with Gasteiger partial charge in [0.15, 0.2) is 6.29 Å². The molecular weight excluding hydrogens is 424 g/mol. The number of carbonyl (C=O) groups is 1. The van der Waals surface area contributed by atoms with Crippen LogP contribution in [0.5, 0.6) is 0 Å². The van der Waals surface area contributed by atoms with Crippen LogP contribution in [-0.4, -0.2) is 35.0 Å². The first-order valence-corrected chi connectivity index (χ1v) is 14.0. The summed E-state index contributed by atoms with van der Waals surface area (Å²) in [7, 11) is 0. The van der Waals surface area contributed by atoms with E-state index in [1.807, 2.05) is 0 Å². The molecule has 0 radical (unpaired) electrons. The monoisotopic (exact) mass is 470 g/mol. The van der Waals surface area contributed by atoms with E-state index in [1.54, 1.807) is 5.57 Å². The largest absolute Gasteiger partial charge is 0.368 e. The summed E-state index contributed by atoms with van der Waals surface area (Å²) in [4.78, 5) is 12.8. The number of aliphatic hydroxyl groups excluding tert-OH is 1. The highest BCUT2D eigenvalue weighted by atomic mass is 16.7. The van der Waals surface area contributed by atoms with Gasteiger partial charge < -0.3 is 14.6 Å². The molecule has 5 fully saturated rings. The maximum atomic E-state index is 12.8. The van der Waals surface area contributed by atoms with Crippen LogP contribution in [0.25, 0.3) is 0 Å². The van der Waals surface area contributed by atoms with Crippen LogP contribution in [0.15, 0.2) is 11.6 Å². The van der Waals surface area contributed by atoms with Crippen molar-refractivity contribution < 1.29 is 19.4 Å². The average molecular weight is 471 g/mol. The fraction of sp³-hybridized carbons (Fsp3) is 0.900. The van der Waals surface area contributed by atoms with Crippen LogP contribution < -0.4 is 0 Å². The molecule has 4 nitrogen and oxygen atoms in total. The third-order valence-corrected chi connectivity index (χ3v) is 12.7. The van der Waals surface area contributed by atoms with E-state index in [4.69, 9.17) is 9.47 Å². The first kappa shape index (κ1) is 23.7. The highest BCUT2D eigenvalue weighted by Gasteiger charge is 2.67. The molecule has 6 rings (SSSR count). The highest BCUT2D eigenvalue weighted by Crippen LogP contribution is 2.73. The second-order valence-electron chi connectivity index (χ2n) is 14.7. The molecule has 0 aromatic carbocycles. The Morgan fingerprint density at radius 1 is 1.00 bits per heavy atom. The summed E-state index contributed by atoms with van der Waals surface area (Å²) in [6.45, 7) is 16.2. The van der Waals surface area contributed by atoms with Crippen molar-refractivity contribution in [3.05, 3.63) is 11.6 Å². The number of ketones is 1. The van der Waals surface area contributed by atoms with Gasteiger partial charge in [-0.1, -0.05) is 46.3 Å². The van der Waals surface area contributed by atoms with Crippen LogP contribution in [0, 0.1) is 45.3 Å². The van der Waals surface area contributed by atoms with Gasteiger partial charge in [-0.05, 0) is 92.8 Å². The van der Waals surface area contributed by atoms with E-state index in [9.17, 15) is 9.90 Å². The van der Waals surface area contributed by atoms with Gasteiger partial charge in [-0.25, -0.2) is 0 Å². The zero-order valence-electron chi connectivity index (χ0n) is 22.4. The Bertz CT molecular complexity index is 934. The predicted molar refractivity (Wildman–Crippen MR) is 132 cm³/mol. The van der Waals surface area contributed by atoms with Crippen molar-refractivity contribution >= 4 is 5.78 Å². The number of epoxide rings is 1. The molecule has 2 aliphatic heterocycles. The van der Waals surface area contributed by atoms with Crippen molar-refractivity contribution in [3.8, 4) is 0 Å². The van der Waals surface area contributed by atoms with Gasteiger partial charge >= 0.3 is 0 Å². The summed E-state index contributed by atoms with van der Waals surface area (Å²) < 4.78 is 12.0. The predicted octanol–water partition coefficient (Wildman–Crippen LogP) is 6.06. The Kier molecular flexibility index (Phi) is 4.86. The quantitative estimate of drug-likeness (QED) is 0.393. The second-order valence-corrected chi connectivity index (χ2v) is 14.7. The summed E-state index contributed by atoms with van der Waals surface area (Å²) in [6.07, 6.45) is 10.6. The molecule has 2 saturated heterocycles. The maximum Gasteiger partial charge on any atom is 0.158 e. The van der Waals surface area contributed by atoms with Crippen LogP contribution in [0.3, 0.4) is 0 Å². The Hall–Kier alpha value is -0.710. The second kappa shape index (κ2) is 6.98. The van der Waals surface area contributed by atoms with Gasteiger partial charge in [-0.15, -0.1) is 0 Å². The third-order valence-electron chi connectivity index (χ3n) is 12.7. The molecule has 10 atom stereocenters. The first-order valence-electron chi connectivity index (χ1n) is 14.0. The van der Waals surface area contributed by atoms with E-state index in [-0.39, 0.29) is 45.4 Å². The minimum Gasteiger partial charge on any atom is -0.368 e. The molecule has 0 aromatic heterocycles. The summed E-state index contributed by atoms with van der Waals surface area (Å²) in [5, 5.41) is 11.0. The number of rotatable bonds is 2. The number of aliphatic hydroxyl groups is 1. The standard InChI is InChI=1S/C30H46O4/c1-26(2)22-9-8-20-19(28(22,5)13-12-23(26)31)11-15-29(6)18(10-14-30(20,29)7)17-16-21(33-25(17)32)24-27(3,4)34-24/h8,17-19,21-22,24-25,32H,9-16H2,1-7H3/t17-,18-,19-,21+,22?,24-,25+,28+,29-,30+/m0/s1. The van der Waals surface area contributed by atoms with Crippen LogP contribution >= 0.6 is 0 Å². The van der Waals surface area contributed by atoms with Gasteiger partial charge in [0.25, 0.3) is 0 Å². The molecule has 4 aliphatic carbocycles. The van der Waals surface area contributed by atoms with Crippen molar-refractivity contribution in [2.75, 3.05) is 0 Å². The average Bonchev–Trinajstić information content (AvgIpc) is 3.08. The van der Waals surface area contributed by atoms with E-state index in [0.717, 1.165) is 25.7 Å². The normalized spacial score (nSPS) is 55.2. The Labute approximate surface area is 206 Å². The third kappa shape index (κ3) is 2.85. The van der Waals surface area contributed by atoms with Gasteiger partial charge in [-0.2, -0.15) is 0 Å². The van der Waals surface area contributed by atoms with Crippen LogP contribution in [0.2, 0.25) is 0 Å². The molecule has 6 aliphatic rings. The first-order chi connectivity index (χ1) is 15.8. The Balaban J connectivity index is 1.30. The molecule has 2 heterocycles. The van der Waals surface area contributed by atoms with Crippen molar-refractivity contribution in [2.24, 2.45) is 45.3 Å². The molecule has 190 valence electrons. The molecule has 1 N–H and O–H groups in total. The molecule has 0 bridgehead atoms. The van der Waals surface area contributed by atoms with Gasteiger partial charge in [-0.3, -0.25) is 4.79 Å². The molecule has 34 heavy (non-hydrogen) atoms. The molecule has 4 heteroatoms. The number of ether oxygens (including phenoxy) is 2. The van der Waals surface area contributed by atoms with Gasteiger partial charge in [0.05, 0.1) is 11.7 Å². The lowest BCUT2D eigenvalue weighted by atomic mass is 9.41. The van der Waals surface area contributed by atoms with Crippen molar-refractivity contribution in [3.63, 3.8) is 0 Å². The van der Waals surface area contributed by atoms with E-state index in [1.165, 1.54) is 25.7 Å². The molecule has 0 spiro atoms. The molecule has 0 aromatic rings. The van der Waals surface area contributed by atoms with E-state index in [0.29, 0.717) is 23.5 Å². The molecular formula is C30H46O4. The van der Waals surface area contributed by atoms with Crippen molar-refractivity contribution in [2.45, 2.75) is 124 Å². The van der Waals surface area contributed by atoms with E-state index >= 15 is 0 Å². The minimum atomic E-state index is -0.667.